The molecule has 6 nitrogen and oxygen atoms in total. The number of benzene rings is 3. The lowest BCUT2D eigenvalue weighted by Crippen LogP contribution is -2.38. The molecule has 0 aliphatic carbocycles. The van der Waals surface area contributed by atoms with Gasteiger partial charge in [0.05, 0.1) is 5.56 Å². The molecule has 4 rings (SSSR count). The van der Waals surface area contributed by atoms with Crippen LogP contribution in [0.1, 0.15) is 37.9 Å². The van der Waals surface area contributed by atoms with Crippen LogP contribution in [0.15, 0.2) is 72.8 Å². The number of carbonyl (C=O) groups excluding carboxylic acids is 4. The Bertz CT molecular complexity index is 1240. The highest BCUT2D eigenvalue weighted by atomic mass is 35.5. The molecule has 1 aliphatic rings. The van der Waals surface area contributed by atoms with E-state index in [1.807, 2.05) is 0 Å². The lowest BCUT2D eigenvalue weighted by Gasteiger charge is -2.21. The van der Waals surface area contributed by atoms with Crippen molar-refractivity contribution in [2.75, 3.05) is 5.32 Å². The fourth-order valence-electron chi connectivity index (χ4n) is 3.69. The molecule has 3 aromatic carbocycles. The molecule has 0 saturated carbocycles. The quantitative estimate of drug-likeness (QED) is 0.259. The molecule has 1 N–H and O–H groups in total. The van der Waals surface area contributed by atoms with Gasteiger partial charge in [-0.2, -0.15) is 0 Å². The number of ketones is 2. The Morgan fingerprint density at radius 1 is 0.969 bits per heavy atom. The number of nitrogens with one attached hydrogen (secondary N) is 1. The average Bonchev–Trinajstić information content (AvgIpc) is 3.12. The fraction of sp³-hybridized carbons (Fsp3) is 0.120. The van der Waals surface area contributed by atoms with Gasteiger partial charge in [-0.15, -0.1) is 0 Å². The summed E-state index contributed by atoms with van der Waals surface area (Å²) in [4.78, 5) is 51.9. The molecule has 2 atom stereocenters. The van der Waals surface area contributed by atoms with Gasteiger partial charge in [0.25, 0.3) is 5.91 Å². The maximum absolute atomic E-state index is 13.3. The second-order valence-electron chi connectivity index (χ2n) is 7.40. The number of aryl methyl sites for hydroxylation is 1. The summed E-state index contributed by atoms with van der Waals surface area (Å²) in [5.41, 5.74) is 1.95. The van der Waals surface area contributed by atoms with Crippen LogP contribution in [0, 0.1) is 12.8 Å². The van der Waals surface area contributed by atoms with Crippen LogP contribution in [0.25, 0.3) is 0 Å². The highest BCUT2D eigenvalue weighted by molar-refractivity contribution is 6.45. The first-order valence-corrected chi connectivity index (χ1v) is 10.2. The van der Waals surface area contributed by atoms with Gasteiger partial charge in [0, 0.05) is 21.8 Å². The summed E-state index contributed by atoms with van der Waals surface area (Å²) >= 11 is 5.95. The number of amides is 1. The monoisotopic (exact) mass is 447 g/mol. The molecule has 1 amide bonds. The Kier molecular flexibility index (Phi) is 5.88. The van der Waals surface area contributed by atoms with Crippen molar-refractivity contribution in [1.82, 2.24) is 0 Å². The van der Waals surface area contributed by atoms with Crippen molar-refractivity contribution in [3.05, 3.63) is 100 Å². The Morgan fingerprint density at radius 2 is 1.66 bits per heavy atom. The molecule has 0 unspecified atom stereocenters. The molecule has 0 aromatic heterocycles. The largest absolute Gasteiger partial charge is 0.453 e. The van der Waals surface area contributed by atoms with Crippen LogP contribution >= 0.6 is 11.6 Å². The van der Waals surface area contributed by atoms with E-state index in [0.717, 1.165) is 0 Å². The number of hydrogen-bond donors (Lipinski definition) is 1. The zero-order valence-electron chi connectivity index (χ0n) is 17.0. The normalized spacial score (nSPS) is 15.4. The third kappa shape index (κ3) is 4.05. The van der Waals surface area contributed by atoms with E-state index in [1.165, 1.54) is 0 Å². The van der Waals surface area contributed by atoms with E-state index in [0.29, 0.717) is 21.8 Å². The molecule has 0 saturated heterocycles. The molecule has 0 spiro atoms. The second-order valence-corrected chi connectivity index (χ2v) is 7.84. The Labute approximate surface area is 189 Å². The summed E-state index contributed by atoms with van der Waals surface area (Å²) in [6, 6.07) is 19.4. The second kappa shape index (κ2) is 8.77. The molecule has 0 radical (unpaired) electrons. The molecule has 0 fully saturated rings. The summed E-state index contributed by atoms with van der Waals surface area (Å²) in [6.45, 7) is 1.73. The molecule has 32 heavy (non-hydrogen) atoms. The van der Waals surface area contributed by atoms with E-state index >= 15 is 0 Å². The number of ether oxygens (including phenoxy) is 1. The van der Waals surface area contributed by atoms with Crippen molar-refractivity contribution >= 4 is 40.7 Å². The zero-order chi connectivity index (χ0) is 22.8. The van der Waals surface area contributed by atoms with E-state index in [-0.39, 0.29) is 11.1 Å². The van der Waals surface area contributed by atoms with Crippen LogP contribution in [0.5, 0.6) is 0 Å². The van der Waals surface area contributed by atoms with Crippen LogP contribution in [0.2, 0.25) is 5.02 Å². The standard InChI is InChI=1S/C25H18ClNO5/c1-14-13-16(26)11-12-19(14)27-24(30)22(29)20(21(28)15-7-3-2-4-8-15)23-17-9-5-6-10-18(17)25(31)32-23/h2-13,20,23H,1H3,(H,27,30)/t20-,23+/m0/s1. The van der Waals surface area contributed by atoms with Crippen LogP contribution in [-0.4, -0.2) is 23.4 Å². The van der Waals surface area contributed by atoms with Gasteiger partial charge in [0.2, 0.25) is 5.78 Å². The number of halogens is 1. The van der Waals surface area contributed by atoms with E-state index in [2.05, 4.69) is 5.32 Å². The number of fused-ring (bicyclic) bond motifs is 1. The number of carbonyl (C=O) groups is 4. The Morgan fingerprint density at radius 3 is 2.38 bits per heavy atom. The van der Waals surface area contributed by atoms with Crippen molar-refractivity contribution in [1.29, 1.82) is 0 Å². The van der Waals surface area contributed by atoms with Crippen LogP contribution in [0.4, 0.5) is 5.69 Å². The maximum Gasteiger partial charge on any atom is 0.339 e. The summed E-state index contributed by atoms with van der Waals surface area (Å²) in [6.07, 6.45) is -1.20. The number of rotatable bonds is 6. The molecule has 7 heteroatoms. The minimum absolute atomic E-state index is 0.238. The Hall–Kier alpha value is -3.77. The van der Waals surface area contributed by atoms with Gasteiger partial charge in [0.15, 0.2) is 5.78 Å². The first kappa shape index (κ1) is 21.5. The van der Waals surface area contributed by atoms with E-state index in [4.69, 9.17) is 16.3 Å². The molecular formula is C25H18ClNO5. The van der Waals surface area contributed by atoms with E-state index in [9.17, 15) is 19.2 Å². The van der Waals surface area contributed by atoms with Gasteiger partial charge < -0.3 is 10.1 Å². The summed E-state index contributed by atoms with van der Waals surface area (Å²) in [7, 11) is 0. The van der Waals surface area contributed by atoms with Gasteiger partial charge in [0.1, 0.15) is 12.0 Å². The van der Waals surface area contributed by atoms with E-state index in [1.54, 1.807) is 79.7 Å². The van der Waals surface area contributed by atoms with Crippen LogP contribution < -0.4 is 5.32 Å². The average molecular weight is 448 g/mol. The number of cyclic esters (lactones) is 1. The zero-order valence-corrected chi connectivity index (χ0v) is 17.8. The lowest BCUT2D eigenvalue weighted by atomic mass is 9.84. The van der Waals surface area contributed by atoms with Crippen molar-refractivity contribution in [2.45, 2.75) is 13.0 Å². The fourth-order valence-corrected chi connectivity index (χ4v) is 3.92. The molecule has 0 bridgehead atoms. The van der Waals surface area contributed by atoms with Crippen molar-refractivity contribution in [3.8, 4) is 0 Å². The van der Waals surface area contributed by atoms with Gasteiger partial charge in [-0.05, 0) is 36.8 Å². The van der Waals surface area contributed by atoms with Crippen LogP contribution in [-0.2, 0) is 14.3 Å². The van der Waals surface area contributed by atoms with Crippen molar-refractivity contribution in [3.63, 3.8) is 0 Å². The predicted molar refractivity (Wildman–Crippen MR) is 119 cm³/mol. The summed E-state index contributed by atoms with van der Waals surface area (Å²) in [5, 5.41) is 3.03. The highest BCUT2D eigenvalue weighted by Gasteiger charge is 2.46. The number of hydrogen-bond acceptors (Lipinski definition) is 5. The van der Waals surface area contributed by atoms with E-state index < -0.39 is 35.5 Å². The van der Waals surface area contributed by atoms with Crippen molar-refractivity contribution in [2.24, 2.45) is 5.92 Å². The SMILES string of the molecule is Cc1cc(Cl)ccc1NC(=O)C(=O)[C@H](C(=O)c1ccccc1)[C@@H]1OC(=O)c2ccccc21. The summed E-state index contributed by atoms with van der Waals surface area (Å²) < 4.78 is 5.42. The molecule has 1 heterocycles. The first-order chi connectivity index (χ1) is 15.4. The minimum Gasteiger partial charge on any atom is -0.453 e. The van der Waals surface area contributed by atoms with Gasteiger partial charge >= 0.3 is 5.97 Å². The van der Waals surface area contributed by atoms with Crippen molar-refractivity contribution < 1.29 is 23.9 Å². The van der Waals surface area contributed by atoms with Gasteiger partial charge in [-0.3, -0.25) is 14.4 Å². The lowest BCUT2D eigenvalue weighted by molar-refractivity contribution is -0.138. The minimum atomic E-state index is -1.53. The molecule has 160 valence electrons. The predicted octanol–water partition coefficient (Wildman–Crippen LogP) is 4.57. The molecule has 1 aliphatic heterocycles. The third-order valence-corrected chi connectivity index (χ3v) is 5.54. The molecular weight excluding hydrogens is 430 g/mol. The Balaban J connectivity index is 1.71. The number of anilines is 1. The highest BCUT2D eigenvalue weighted by Crippen LogP contribution is 2.38. The smallest absolute Gasteiger partial charge is 0.339 e. The topological polar surface area (TPSA) is 89.5 Å². The number of Topliss-reactive ketones (excluding diaryl/α,β-unsaturated/α-hetero) is 2. The van der Waals surface area contributed by atoms with Gasteiger partial charge in [-0.25, -0.2) is 4.79 Å². The van der Waals surface area contributed by atoms with Crippen LogP contribution in [0.3, 0.4) is 0 Å². The molecule has 3 aromatic rings. The maximum atomic E-state index is 13.3. The first-order valence-electron chi connectivity index (χ1n) is 9.87. The third-order valence-electron chi connectivity index (χ3n) is 5.31. The number of esters is 1. The van der Waals surface area contributed by atoms with Gasteiger partial charge in [-0.1, -0.05) is 60.1 Å². The summed E-state index contributed by atoms with van der Waals surface area (Å²) in [5.74, 6) is -4.75.